The second-order valence-electron chi connectivity index (χ2n) is 5.74. The van der Waals surface area contributed by atoms with Crippen LogP contribution in [-0.4, -0.2) is 30.0 Å². The number of ether oxygens (including phenoxy) is 2. The third-order valence-corrected chi connectivity index (χ3v) is 3.85. The lowest BCUT2D eigenvalue weighted by atomic mass is 10.1. The zero-order chi connectivity index (χ0) is 20.9. The van der Waals surface area contributed by atoms with Crippen molar-refractivity contribution < 1.29 is 32.2 Å². The number of carbonyl (C=O) groups excluding carboxylic acids is 2. The maximum Gasteiger partial charge on any atom is 0.417 e. The van der Waals surface area contributed by atoms with Crippen molar-refractivity contribution in [2.45, 2.75) is 25.6 Å². The van der Waals surface area contributed by atoms with E-state index in [9.17, 15) is 22.8 Å². The van der Waals surface area contributed by atoms with Crippen LogP contribution in [0.15, 0.2) is 36.5 Å². The average molecular weight is 417 g/mol. The molecule has 1 N–H and O–H groups in total. The lowest BCUT2D eigenvalue weighted by Crippen LogP contribution is -2.41. The summed E-state index contributed by atoms with van der Waals surface area (Å²) in [7, 11) is 1.22. The Morgan fingerprint density at radius 2 is 1.89 bits per heavy atom. The quantitative estimate of drug-likeness (QED) is 0.725. The Hall–Kier alpha value is -2.81. The highest BCUT2D eigenvalue weighted by molar-refractivity contribution is 6.31. The summed E-state index contributed by atoms with van der Waals surface area (Å²) in [4.78, 5) is 26.5. The van der Waals surface area contributed by atoms with Crippen molar-refractivity contribution in [3.8, 4) is 11.6 Å². The zero-order valence-corrected chi connectivity index (χ0v) is 15.6. The van der Waals surface area contributed by atoms with Crippen molar-refractivity contribution in [3.63, 3.8) is 0 Å². The minimum atomic E-state index is -4.55. The Morgan fingerprint density at radius 1 is 1.25 bits per heavy atom. The molecule has 6 nitrogen and oxygen atoms in total. The molecular weight excluding hydrogens is 401 g/mol. The van der Waals surface area contributed by atoms with Gasteiger partial charge in [-0.3, -0.25) is 4.79 Å². The van der Waals surface area contributed by atoms with Gasteiger partial charge in [0.25, 0.3) is 0 Å². The molecular formula is C18H16ClF3N2O4. The van der Waals surface area contributed by atoms with Crippen LogP contribution in [0.4, 0.5) is 13.2 Å². The molecule has 1 amide bonds. The largest absolute Gasteiger partial charge is 0.467 e. The van der Waals surface area contributed by atoms with Gasteiger partial charge in [0.15, 0.2) is 0 Å². The number of alkyl halides is 3. The molecule has 28 heavy (non-hydrogen) atoms. The number of nitrogens with zero attached hydrogens (tertiary/aromatic N) is 1. The highest BCUT2D eigenvalue weighted by Gasteiger charge is 2.31. The molecule has 0 aliphatic carbocycles. The number of aromatic nitrogens is 1. The lowest BCUT2D eigenvalue weighted by molar-refractivity contribution is -0.144. The molecule has 0 fully saturated rings. The maximum absolute atomic E-state index is 12.6. The molecule has 2 aromatic rings. The number of hydrogen-bond donors (Lipinski definition) is 1. The first-order valence-electron chi connectivity index (χ1n) is 7.94. The normalized spacial score (nSPS) is 12.2. The number of methoxy groups -OCH3 is 1. The Balaban J connectivity index is 2.10. The molecule has 0 aliphatic heterocycles. The van der Waals surface area contributed by atoms with Crippen molar-refractivity contribution in [3.05, 3.63) is 52.7 Å². The molecule has 0 saturated carbocycles. The van der Waals surface area contributed by atoms with Crippen molar-refractivity contribution in [1.82, 2.24) is 10.3 Å². The molecule has 0 radical (unpaired) electrons. The number of hydrogen-bond acceptors (Lipinski definition) is 5. The summed E-state index contributed by atoms with van der Waals surface area (Å²) in [6.45, 7) is 1.29. The maximum atomic E-state index is 12.6. The van der Waals surface area contributed by atoms with Gasteiger partial charge < -0.3 is 14.8 Å². The summed E-state index contributed by atoms with van der Waals surface area (Å²) in [5.74, 6) is -0.852. The zero-order valence-electron chi connectivity index (χ0n) is 14.8. The first kappa shape index (κ1) is 21.5. The molecule has 0 aliphatic rings. The average Bonchev–Trinajstić information content (AvgIpc) is 2.62. The number of amides is 1. The van der Waals surface area contributed by atoms with E-state index in [-0.39, 0.29) is 29.0 Å². The van der Waals surface area contributed by atoms with E-state index < -0.39 is 23.8 Å². The molecule has 1 aromatic carbocycles. The summed E-state index contributed by atoms with van der Waals surface area (Å²) in [6, 6.07) is 6.21. The second kappa shape index (κ2) is 8.92. The Morgan fingerprint density at radius 3 is 2.39 bits per heavy atom. The molecule has 1 heterocycles. The van der Waals surface area contributed by atoms with Gasteiger partial charge in [0.1, 0.15) is 16.8 Å². The number of esters is 1. The number of halogens is 4. The van der Waals surface area contributed by atoms with E-state index in [0.29, 0.717) is 11.8 Å². The van der Waals surface area contributed by atoms with Crippen LogP contribution < -0.4 is 10.1 Å². The fourth-order valence-corrected chi connectivity index (χ4v) is 2.48. The third-order valence-electron chi connectivity index (χ3n) is 3.58. The molecule has 0 bridgehead atoms. The van der Waals surface area contributed by atoms with Gasteiger partial charge in [0.05, 0.1) is 12.7 Å². The lowest BCUT2D eigenvalue weighted by Gasteiger charge is -2.15. The fraction of sp³-hybridized carbons (Fsp3) is 0.278. The number of carbonyl (C=O) groups is 2. The van der Waals surface area contributed by atoms with E-state index in [4.69, 9.17) is 16.3 Å². The number of pyridine rings is 1. The first-order chi connectivity index (χ1) is 13.1. The van der Waals surface area contributed by atoms with Gasteiger partial charge in [-0.25, -0.2) is 9.78 Å². The van der Waals surface area contributed by atoms with Crippen LogP contribution in [0.1, 0.15) is 18.1 Å². The summed E-state index contributed by atoms with van der Waals surface area (Å²) >= 11 is 5.81. The van der Waals surface area contributed by atoms with E-state index in [1.807, 2.05) is 0 Å². The van der Waals surface area contributed by atoms with Gasteiger partial charge >= 0.3 is 12.1 Å². The standard InChI is InChI=1S/C18H16ClF3N2O4/c1-10(25)24-15(17(26)27-2)7-11-3-5-13(6-4-11)28-16-14(19)8-12(9-23-16)18(20,21)22/h3-6,8-9,15H,7H2,1-2H3,(H,24,25). The number of rotatable bonds is 6. The van der Waals surface area contributed by atoms with Gasteiger partial charge in [-0.15, -0.1) is 0 Å². The second-order valence-corrected chi connectivity index (χ2v) is 6.14. The van der Waals surface area contributed by atoms with Crippen LogP contribution >= 0.6 is 11.6 Å². The molecule has 1 atom stereocenters. The first-order valence-corrected chi connectivity index (χ1v) is 8.32. The summed E-state index contributed by atoms with van der Waals surface area (Å²) < 4.78 is 48.0. The van der Waals surface area contributed by atoms with Crippen molar-refractivity contribution in [2.75, 3.05) is 7.11 Å². The van der Waals surface area contributed by atoms with E-state index in [2.05, 4.69) is 15.0 Å². The minimum Gasteiger partial charge on any atom is -0.467 e. The van der Waals surface area contributed by atoms with E-state index in [1.165, 1.54) is 26.2 Å². The Bertz CT molecular complexity index is 857. The highest BCUT2D eigenvalue weighted by Crippen LogP contribution is 2.34. The summed E-state index contributed by atoms with van der Waals surface area (Å²) in [5, 5.41) is 2.21. The molecule has 2 rings (SSSR count). The summed E-state index contributed by atoms with van der Waals surface area (Å²) in [6.07, 6.45) is -3.74. The van der Waals surface area contributed by atoms with Crippen LogP contribution in [0.2, 0.25) is 5.02 Å². The molecule has 1 unspecified atom stereocenters. The topological polar surface area (TPSA) is 77.5 Å². The van der Waals surface area contributed by atoms with Gasteiger partial charge in [-0.1, -0.05) is 23.7 Å². The van der Waals surface area contributed by atoms with Crippen LogP contribution in [0, 0.1) is 0 Å². The van der Waals surface area contributed by atoms with Crippen LogP contribution in [0.5, 0.6) is 11.6 Å². The monoisotopic (exact) mass is 416 g/mol. The minimum absolute atomic E-state index is 0.173. The SMILES string of the molecule is COC(=O)C(Cc1ccc(Oc2ncc(C(F)(F)F)cc2Cl)cc1)NC(C)=O. The van der Waals surface area contributed by atoms with E-state index in [0.717, 1.165) is 6.07 Å². The molecule has 0 saturated heterocycles. The number of nitrogens with one attached hydrogen (secondary N) is 1. The Labute approximate surface area is 163 Å². The molecule has 0 spiro atoms. The Kier molecular flexibility index (Phi) is 6.85. The molecule has 150 valence electrons. The molecule has 10 heteroatoms. The van der Waals surface area contributed by atoms with Crippen LogP contribution in [-0.2, 0) is 26.9 Å². The third kappa shape index (κ3) is 5.85. The van der Waals surface area contributed by atoms with Gasteiger partial charge in [0, 0.05) is 19.5 Å². The van der Waals surface area contributed by atoms with Gasteiger partial charge in [-0.2, -0.15) is 13.2 Å². The van der Waals surface area contributed by atoms with Crippen molar-refractivity contribution in [1.29, 1.82) is 0 Å². The highest BCUT2D eigenvalue weighted by atomic mass is 35.5. The van der Waals surface area contributed by atoms with Crippen molar-refractivity contribution >= 4 is 23.5 Å². The van der Waals surface area contributed by atoms with Crippen molar-refractivity contribution in [2.24, 2.45) is 0 Å². The summed E-state index contributed by atoms with van der Waals surface area (Å²) in [5.41, 5.74) is -0.282. The molecule has 1 aromatic heterocycles. The number of benzene rings is 1. The van der Waals surface area contributed by atoms with Crippen LogP contribution in [0.25, 0.3) is 0 Å². The predicted octanol–water partition coefficient (Wildman–Crippen LogP) is 3.77. The smallest absolute Gasteiger partial charge is 0.417 e. The van der Waals surface area contributed by atoms with E-state index in [1.54, 1.807) is 12.1 Å². The fourth-order valence-electron chi connectivity index (χ4n) is 2.28. The predicted molar refractivity (Wildman–Crippen MR) is 94.1 cm³/mol. The van der Waals surface area contributed by atoms with E-state index >= 15 is 0 Å². The van der Waals surface area contributed by atoms with Gasteiger partial charge in [0.2, 0.25) is 11.8 Å². The van der Waals surface area contributed by atoms with Gasteiger partial charge in [-0.05, 0) is 23.8 Å². The van der Waals surface area contributed by atoms with Crippen LogP contribution in [0.3, 0.4) is 0 Å².